The first kappa shape index (κ1) is 18.4. The number of carbonyl (C=O) groups excluding carboxylic acids is 1. The highest BCUT2D eigenvalue weighted by molar-refractivity contribution is 8.01. The van der Waals surface area contributed by atoms with Crippen LogP contribution in [0.2, 0.25) is 0 Å². The van der Waals surface area contributed by atoms with Gasteiger partial charge in [-0.25, -0.2) is 9.97 Å². The summed E-state index contributed by atoms with van der Waals surface area (Å²) in [6.45, 7) is 0. The Balaban J connectivity index is 1.83. The van der Waals surface area contributed by atoms with Gasteiger partial charge in [-0.2, -0.15) is 0 Å². The molecule has 1 aromatic carbocycles. The quantitative estimate of drug-likeness (QED) is 0.481. The molecule has 0 saturated carbocycles. The summed E-state index contributed by atoms with van der Waals surface area (Å²) in [7, 11) is 0. The van der Waals surface area contributed by atoms with Crippen molar-refractivity contribution in [2.75, 3.05) is 10.6 Å². The molecular weight excluding hydrogens is 362 g/mol. The van der Waals surface area contributed by atoms with Crippen molar-refractivity contribution in [2.45, 2.75) is 0 Å². The number of amides is 1. The number of nitrogens with one attached hydrogen (secondary N) is 2. The van der Waals surface area contributed by atoms with Gasteiger partial charge in [0.2, 0.25) is 5.95 Å². The van der Waals surface area contributed by atoms with Crippen molar-refractivity contribution in [3.8, 4) is 11.1 Å². The van der Waals surface area contributed by atoms with Crippen LogP contribution in [0.5, 0.6) is 0 Å². The summed E-state index contributed by atoms with van der Waals surface area (Å²) >= 11 is 0.917. The van der Waals surface area contributed by atoms with Gasteiger partial charge in [-0.05, 0) is 29.6 Å². The lowest BCUT2D eigenvalue weighted by Gasteiger charge is -2.11. The number of hydrogen-bond acceptors (Lipinski definition) is 8. The predicted octanol–water partition coefficient (Wildman–Crippen LogP) is 2.57. The molecular formula is C18H17N7OS. The SMILES string of the molecule is N/C=C(/Nc1nccc(C(=O)Nc2cnccc2-c2ccccc2)n1)SN. The van der Waals surface area contributed by atoms with Crippen LogP contribution in [0.15, 0.2) is 72.3 Å². The molecule has 0 aliphatic heterocycles. The molecule has 0 aliphatic carbocycles. The first-order chi connectivity index (χ1) is 13.2. The van der Waals surface area contributed by atoms with E-state index in [4.69, 9.17) is 10.9 Å². The molecule has 0 bridgehead atoms. The molecule has 0 radical (unpaired) electrons. The molecule has 3 rings (SSSR count). The third kappa shape index (κ3) is 4.60. The Kier molecular flexibility index (Phi) is 5.98. The van der Waals surface area contributed by atoms with Crippen molar-refractivity contribution in [1.29, 1.82) is 0 Å². The van der Waals surface area contributed by atoms with E-state index in [1.54, 1.807) is 12.4 Å². The zero-order chi connectivity index (χ0) is 19.1. The first-order valence-corrected chi connectivity index (χ1v) is 8.78. The highest BCUT2D eigenvalue weighted by Gasteiger charge is 2.13. The monoisotopic (exact) mass is 379 g/mol. The minimum atomic E-state index is -0.385. The Bertz CT molecular complexity index is 963. The Labute approximate surface area is 160 Å². The van der Waals surface area contributed by atoms with Crippen LogP contribution in [0.1, 0.15) is 10.5 Å². The van der Waals surface area contributed by atoms with Gasteiger partial charge in [0.1, 0.15) is 10.7 Å². The molecule has 0 saturated heterocycles. The topological polar surface area (TPSA) is 132 Å². The maximum absolute atomic E-state index is 12.6. The maximum Gasteiger partial charge on any atom is 0.274 e. The van der Waals surface area contributed by atoms with E-state index in [9.17, 15) is 4.79 Å². The molecule has 0 aliphatic rings. The second kappa shape index (κ2) is 8.79. The van der Waals surface area contributed by atoms with Crippen molar-refractivity contribution < 1.29 is 4.79 Å². The summed E-state index contributed by atoms with van der Waals surface area (Å²) in [6, 6.07) is 13.1. The normalized spacial score (nSPS) is 11.1. The van der Waals surface area contributed by atoms with Gasteiger partial charge in [-0.3, -0.25) is 14.9 Å². The van der Waals surface area contributed by atoms with Crippen LogP contribution in [0.25, 0.3) is 11.1 Å². The van der Waals surface area contributed by atoms with Crippen LogP contribution >= 0.6 is 11.9 Å². The van der Waals surface area contributed by atoms with Gasteiger partial charge in [-0.1, -0.05) is 30.3 Å². The van der Waals surface area contributed by atoms with E-state index >= 15 is 0 Å². The van der Waals surface area contributed by atoms with E-state index in [0.717, 1.165) is 23.1 Å². The molecule has 2 aromatic heterocycles. The van der Waals surface area contributed by atoms with Gasteiger partial charge >= 0.3 is 0 Å². The summed E-state index contributed by atoms with van der Waals surface area (Å²) in [5.41, 5.74) is 8.04. The molecule has 0 atom stereocenters. The van der Waals surface area contributed by atoms with Crippen molar-refractivity contribution >= 4 is 29.5 Å². The number of aromatic nitrogens is 3. The van der Waals surface area contributed by atoms with Crippen molar-refractivity contribution in [2.24, 2.45) is 10.9 Å². The molecule has 0 unspecified atom stereocenters. The minimum Gasteiger partial charge on any atom is -0.402 e. The van der Waals surface area contributed by atoms with E-state index in [1.807, 2.05) is 36.4 Å². The molecule has 3 aromatic rings. The number of rotatable bonds is 6. The Morgan fingerprint density at radius 2 is 1.89 bits per heavy atom. The van der Waals surface area contributed by atoms with Gasteiger partial charge in [0, 0.05) is 24.2 Å². The lowest BCUT2D eigenvalue weighted by atomic mass is 10.1. The fourth-order valence-electron chi connectivity index (χ4n) is 2.32. The number of hydrogen-bond donors (Lipinski definition) is 4. The largest absolute Gasteiger partial charge is 0.402 e. The average molecular weight is 379 g/mol. The van der Waals surface area contributed by atoms with Gasteiger partial charge in [0.25, 0.3) is 5.91 Å². The summed E-state index contributed by atoms with van der Waals surface area (Å²) in [6.07, 6.45) is 6.04. The van der Waals surface area contributed by atoms with Crippen molar-refractivity contribution in [3.05, 3.63) is 78.0 Å². The Hall–Kier alpha value is -3.43. The molecule has 6 N–H and O–H groups in total. The van der Waals surface area contributed by atoms with Crippen LogP contribution in [0.3, 0.4) is 0 Å². The third-order valence-electron chi connectivity index (χ3n) is 3.56. The molecule has 0 spiro atoms. The van der Waals surface area contributed by atoms with E-state index in [0.29, 0.717) is 10.7 Å². The minimum absolute atomic E-state index is 0.189. The highest BCUT2D eigenvalue weighted by Crippen LogP contribution is 2.27. The molecule has 9 heteroatoms. The molecule has 136 valence electrons. The summed E-state index contributed by atoms with van der Waals surface area (Å²) in [4.78, 5) is 25.0. The van der Waals surface area contributed by atoms with Crippen LogP contribution in [-0.2, 0) is 0 Å². The van der Waals surface area contributed by atoms with Gasteiger partial charge in [-0.15, -0.1) is 0 Å². The molecule has 2 heterocycles. The first-order valence-electron chi connectivity index (χ1n) is 7.90. The van der Waals surface area contributed by atoms with E-state index in [-0.39, 0.29) is 17.5 Å². The number of pyridine rings is 1. The third-order valence-corrected chi connectivity index (χ3v) is 4.05. The second-order valence-corrected chi connectivity index (χ2v) is 5.96. The van der Waals surface area contributed by atoms with Gasteiger partial charge in [0.05, 0.1) is 11.9 Å². The Morgan fingerprint density at radius 3 is 2.63 bits per heavy atom. The number of benzene rings is 1. The van der Waals surface area contributed by atoms with E-state index in [2.05, 4.69) is 25.6 Å². The van der Waals surface area contributed by atoms with Gasteiger partial charge in [0.15, 0.2) is 0 Å². The summed E-state index contributed by atoms with van der Waals surface area (Å²) in [5.74, 6) is -0.170. The van der Waals surface area contributed by atoms with Crippen molar-refractivity contribution in [1.82, 2.24) is 15.0 Å². The fraction of sp³-hybridized carbons (Fsp3) is 0. The van der Waals surface area contributed by atoms with E-state index in [1.165, 1.54) is 18.5 Å². The van der Waals surface area contributed by atoms with Crippen LogP contribution in [0, 0.1) is 0 Å². The standard InChI is InChI=1S/C18H17N7OS/c19-10-16(27-20)25-18-22-9-7-14(24-18)17(26)23-15-11-21-8-6-13(15)12-4-2-1-3-5-12/h1-11H,19-20H2,(H,23,26)(H,22,24,25)/b16-10-. The van der Waals surface area contributed by atoms with E-state index < -0.39 is 0 Å². The number of anilines is 2. The maximum atomic E-state index is 12.6. The molecule has 8 nitrogen and oxygen atoms in total. The fourth-order valence-corrected chi connectivity index (χ4v) is 2.54. The number of carbonyl (C=O) groups is 1. The van der Waals surface area contributed by atoms with Crippen LogP contribution in [-0.4, -0.2) is 20.9 Å². The lowest BCUT2D eigenvalue weighted by Crippen LogP contribution is -2.16. The highest BCUT2D eigenvalue weighted by atomic mass is 32.2. The smallest absolute Gasteiger partial charge is 0.274 e. The van der Waals surface area contributed by atoms with Crippen LogP contribution in [0.4, 0.5) is 11.6 Å². The van der Waals surface area contributed by atoms with Crippen LogP contribution < -0.4 is 21.5 Å². The number of nitrogens with two attached hydrogens (primary N) is 2. The van der Waals surface area contributed by atoms with Gasteiger partial charge < -0.3 is 16.4 Å². The zero-order valence-electron chi connectivity index (χ0n) is 14.2. The molecule has 1 amide bonds. The Morgan fingerprint density at radius 1 is 1.07 bits per heavy atom. The molecule has 27 heavy (non-hydrogen) atoms. The summed E-state index contributed by atoms with van der Waals surface area (Å²) < 4.78 is 0. The number of nitrogens with zero attached hydrogens (tertiary/aromatic N) is 3. The second-order valence-electron chi connectivity index (χ2n) is 5.28. The lowest BCUT2D eigenvalue weighted by molar-refractivity contribution is 0.102. The molecule has 0 fully saturated rings. The summed E-state index contributed by atoms with van der Waals surface area (Å²) in [5, 5.41) is 11.6. The predicted molar refractivity (Wildman–Crippen MR) is 107 cm³/mol. The van der Waals surface area contributed by atoms with Crippen molar-refractivity contribution in [3.63, 3.8) is 0 Å². The zero-order valence-corrected chi connectivity index (χ0v) is 15.0. The average Bonchev–Trinajstić information content (AvgIpc) is 2.73.